The van der Waals surface area contributed by atoms with E-state index >= 15 is 0 Å². The number of rotatable bonds is 5. The molecule has 3 aromatic rings. The first-order valence-corrected chi connectivity index (χ1v) is 10.3. The van der Waals surface area contributed by atoms with E-state index < -0.39 is 5.82 Å². The van der Waals surface area contributed by atoms with Crippen LogP contribution < -0.4 is 0 Å². The number of amides is 1. The first-order chi connectivity index (χ1) is 14.5. The van der Waals surface area contributed by atoms with E-state index in [4.69, 9.17) is 27.7 Å². The zero-order valence-corrected chi connectivity index (χ0v) is 17.5. The highest BCUT2D eigenvalue weighted by Gasteiger charge is 2.24. The molecule has 2 aromatic carbocycles. The average Bonchev–Trinajstić information content (AvgIpc) is 3.20. The molecular formula is C21H19Cl2FN4O2. The fourth-order valence-corrected chi connectivity index (χ4v) is 3.70. The minimum atomic E-state index is -0.456. The lowest BCUT2D eigenvalue weighted by Gasteiger charge is -2.34. The summed E-state index contributed by atoms with van der Waals surface area (Å²) in [7, 11) is 0. The summed E-state index contributed by atoms with van der Waals surface area (Å²) in [6.07, 6.45) is -0.0420. The van der Waals surface area contributed by atoms with E-state index in [0.717, 1.165) is 5.56 Å². The number of piperazine rings is 1. The number of carbonyl (C=O) groups excluding carboxylic acids is 1. The third kappa shape index (κ3) is 4.80. The van der Waals surface area contributed by atoms with Gasteiger partial charge in [-0.3, -0.25) is 9.69 Å². The van der Waals surface area contributed by atoms with Gasteiger partial charge in [-0.2, -0.15) is 4.98 Å². The largest absolute Gasteiger partial charge is 0.340 e. The molecule has 0 bridgehead atoms. The maximum absolute atomic E-state index is 13.9. The van der Waals surface area contributed by atoms with Crippen LogP contribution in [0, 0.1) is 5.82 Å². The van der Waals surface area contributed by atoms with Crippen LogP contribution in [-0.2, 0) is 17.8 Å². The topological polar surface area (TPSA) is 62.5 Å². The van der Waals surface area contributed by atoms with Crippen LogP contribution in [0.2, 0.25) is 10.0 Å². The van der Waals surface area contributed by atoms with E-state index in [1.54, 1.807) is 23.1 Å². The van der Waals surface area contributed by atoms with Gasteiger partial charge in [-0.15, -0.1) is 0 Å². The molecule has 0 spiro atoms. The standard InChI is InChI=1S/C21H19Cl2FN4O2/c22-15-6-4-14(5-7-15)21-25-19(30-26-21)13-27-8-10-28(11-9-27)20(29)12-16-17(23)2-1-3-18(16)24/h1-7H,8-13H2. The van der Waals surface area contributed by atoms with Gasteiger partial charge in [-0.25, -0.2) is 4.39 Å². The number of aromatic nitrogens is 2. The molecule has 0 aliphatic carbocycles. The van der Waals surface area contributed by atoms with E-state index in [0.29, 0.717) is 49.5 Å². The Balaban J connectivity index is 1.31. The van der Waals surface area contributed by atoms with Crippen molar-refractivity contribution in [2.24, 2.45) is 0 Å². The number of halogens is 3. The predicted molar refractivity (Wildman–Crippen MR) is 112 cm³/mol. The summed E-state index contributed by atoms with van der Waals surface area (Å²) in [5, 5.41) is 4.94. The number of hydrogen-bond donors (Lipinski definition) is 0. The highest BCUT2D eigenvalue weighted by atomic mass is 35.5. The molecule has 0 N–H and O–H groups in total. The Bertz CT molecular complexity index is 1010. The number of carbonyl (C=O) groups is 1. The highest BCUT2D eigenvalue weighted by Crippen LogP contribution is 2.21. The summed E-state index contributed by atoms with van der Waals surface area (Å²) < 4.78 is 19.3. The van der Waals surface area contributed by atoms with E-state index in [2.05, 4.69) is 15.0 Å². The zero-order valence-electron chi connectivity index (χ0n) is 16.0. The Morgan fingerprint density at radius 1 is 1.07 bits per heavy atom. The van der Waals surface area contributed by atoms with Gasteiger partial charge in [0.25, 0.3) is 0 Å². The second-order valence-corrected chi connectivity index (χ2v) is 7.90. The summed E-state index contributed by atoms with van der Waals surface area (Å²) in [5.74, 6) is 0.432. The molecule has 156 valence electrons. The molecule has 1 aliphatic heterocycles. The van der Waals surface area contributed by atoms with Crippen molar-refractivity contribution in [2.45, 2.75) is 13.0 Å². The lowest BCUT2D eigenvalue weighted by atomic mass is 10.1. The van der Waals surface area contributed by atoms with Crippen molar-refractivity contribution >= 4 is 29.1 Å². The summed E-state index contributed by atoms with van der Waals surface area (Å²) >= 11 is 11.9. The molecule has 0 radical (unpaired) electrons. The van der Waals surface area contributed by atoms with Crippen molar-refractivity contribution in [3.8, 4) is 11.4 Å². The zero-order chi connectivity index (χ0) is 21.1. The Hall–Kier alpha value is -2.48. The van der Waals surface area contributed by atoms with Crippen molar-refractivity contribution < 1.29 is 13.7 Å². The molecule has 1 amide bonds. The SMILES string of the molecule is O=C(Cc1c(F)cccc1Cl)N1CCN(Cc2nc(-c3ccc(Cl)cc3)no2)CC1. The van der Waals surface area contributed by atoms with Crippen molar-refractivity contribution in [3.05, 3.63) is 69.8 Å². The van der Waals surface area contributed by atoms with Crippen molar-refractivity contribution in [2.75, 3.05) is 26.2 Å². The van der Waals surface area contributed by atoms with Crippen LogP contribution in [0.15, 0.2) is 47.0 Å². The summed E-state index contributed by atoms with van der Waals surface area (Å²) in [4.78, 5) is 20.9. The van der Waals surface area contributed by atoms with Gasteiger partial charge in [0.05, 0.1) is 13.0 Å². The van der Waals surface area contributed by atoms with Crippen LogP contribution in [0.3, 0.4) is 0 Å². The molecule has 0 saturated carbocycles. The van der Waals surface area contributed by atoms with Gasteiger partial charge in [0.2, 0.25) is 17.6 Å². The third-order valence-corrected chi connectivity index (χ3v) is 5.65. The normalized spacial score (nSPS) is 14.8. The minimum Gasteiger partial charge on any atom is -0.340 e. The van der Waals surface area contributed by atoms with Crippen LogP contribution in [0.4, 0.5) is 4.39 Å². The van der Waals surface area contributed by atoms with Crippen LogP contribution >= 0.6 is 23.2 Å². The van der Waals surface area contributed by atoms with Gasteiger partial charge in [0.1, 0.15) is 5.82 Å². The molecule has 2 heterocycles. The average molecular weight is 449 g/mol. The van der Waals surface area contributed by atoms with Crippen LogP contribution in [0.5, 0.6) is 0 Å². The van der Waals surface area contributed by atoms with Gasteiger partial charge in [0.15, 0.2) is 0 Å². The van der Waals surface area contributed by atoms with E-state index in [-0.39, 0.29) is 22.9 Å². The monoisotopic (exact) mass is 448 g/mol. The molecule has 1 saturated heterocycles. The van der Waals surface area contributed by atoms with Crippen molar-refractivity contribution in [1.82, 2.24) is 19.9 Å². The smallest absolute Gasteiger partial charge is 0.241 e. The fourth-order valence-electron chi connectivity index (χ4n) is 3.35. The first kappa shape index (κ1) is 20.8. The highest BCUT2D eigenvalue weighted by molar-refractivity contribution is 6.31. The van der Waals surface area contributed by atoms with E-state index in [1.807, 2.05) is 12.1 Å². The quantitative estimate of drug-likeness (QED) is 0.588. The lowest BCUT2D eigenvalue weighted by molar-refractivity contribution is -0.132. The molecule has 1 fully saturated rings. The summed E-state index contributed by atoms with van der Waals surface area (Å²) in [6, 6.07) is 11.7. The van der Waals surface area contributed by atoms with Crippen LogP contribution in [0.25, 0.3) is 11.4 Å². The van der Waals surface area contributed by atoms with Crippen LogP contribution in [-0.4, -0.2) is 52.0 Å². The molecule has 4 rings (SSSR count). The molecule has 9 heteroatoms. The molecule has 1 aromatic heterocycles. The van der Waals surface area contributed by atoms with Gasteiger partial charge in [-0.1, -0.05) is 34.4 Å². The second kappa shape index (κ2) is 9.12. The molecular weight excluding hydrogens is 430 g/mol. The Labute approximate surface area is 183 Å². The van der Waals surface area contributed by atoms with Gasteiger partial charge >= 0.3 is 0 Å². The van der Waals surface area contributed by atoms with E-state index in [1.165, 1.54) is 12.1 Å². The Morgan fingerprint density at radius 3 is 2.50 bits per heavy atom. The van der Waals surface area contributed by atoms with Gasteiger partial charge < -0.3 is 9.42 Å². The molecule has 0 unspecified atom stereocenters. The van der Waals surface area contributed by atoms with Crippen molar-refractivity contribution in [1.29, 1.82) is 0 Å². The number of benzene rings is 2. The minimum absolute atomic E-state index is 0.0420. The van der Waals surface area contributed by atoms with Crippen molar-refractivity contribution in [3.63, 3.8) is 0 Å². The fraction of sp³-hybridized carbons (Fsp3) is 0.286. The summed E-state index contributed by atoms with van der Waals surface area (Å²) in [6.45, 7) is 2.92. The Morgan fingerprint density at radius 2 is 1.80 bits per heavy atom. The number of hydrogen-bond acceptors (Lipinski definition) is 5. The second-order valence-electron chi connectivity index (χ2n) is 7.05. The molecule has 6 nitrogen and oxygen atoms in total. The predicted octanol–water partition coefficient (Wildman–Crippen LogP) is 4.07. The van der Waals surface area contributed by atoms with E-state index in [9.17, 15) is 9.18 Å². The lowest BCUT2D eigenvalue weighted by Crippen LogP contribution is -2.48. The van der Waals surface area contributed by atoms with Gasteiger partial charge in [0, 0.05) is 47.4 Å². The maximum atomic E-state index is 13.9. The first-order valence-electron chi connectivity index (χ1n) is 9.51. The third-order valence-electron chi connectivity index (χ3n) is 5.04. The summed E-state index contributed by atoms with van der Waals surface area (Å²) in [5.41, 5.74) is 1.07. The Kier molecular flexibility index (Phi) is 6.32. The maximum Gasteiger partial charge on any atom is 0.241 e. The molecule has 1 aliphatic rings. The molecule has 30 heavy (non-hydrogen) atoms. The van der Waals surface area contributed by atoms with Gasteiger partial charge in [-0.05, 0) is 36.4 Å². The number of nitrogens with zero attached hydrogens (tertiary/aromatic N) is 4. The molecule has 0 atom stereocenters. The van der Waals surface area contributed by atoms with Crippen LogP contribution in [0.1, 0.15) is 11.5 Å².